The van der Waals surface area contributed by atoms with E-state index in [2.05, 4.69) is 16.8 Å². The summed E-state index contributed by atoms with van der Waals surface area (Å²) in [5, 5.41) is 0.429. The third-order valence-electron chi connectivity index (χ3n) is 6.26. The Hall–Kier alpha value is -3.00. The van der Waals surface area contributed by atoms with E-state index in [4.69, 9.17) is 9.15 Å². The molecule has 0 bridgehead atoms. The van der Waals surface area contributed by atoms with Crippen molar-refractivity contribution >= 4 is 46.4 Å². The number of piperidine rings is 1. The van der Waals surface area contributed by atoms with Gasteiger partial charge in [-0.25, -0.2) is 0 Å². The predicted octanol–water partition coefficient (Wildman–Crippen LogP) is 4.50. The Bertz CT molecular complexity index is 1120. The van der Waals surface area contributed by atoms with Crippen molar-refractivity contribution < 1.29 is 18.7 Å². The van der Waals surface area contributed by atoms with Gasteiger partial charge in [0, 0.05) is 29.8 Å². The monoisotopic (exact) mass is 465 g/mol. The Morgan fingerprint density at radius 2 is 1.82 bits per heavy atom. The summed E-state index contributed by atoms with van der Waals surface area (Å²) in [5.41, 5.74) is 2.49. The number of oxazole rings is 1. The zero-order valence-electron chi connectivity index (χ0n) is 18.6. The number of hydrogen-bond acceptors (Lipinski definition) is 7. The molecule has 3 aromatic rings. The standard InChI is InChI=1S/C25H27N3O4S/c1-17-10-15-28(20-7-3-5-9-22(20)33-17)23(29)16-31-24(30)18-11-13-27(14-12-18)25-26-19-6-2-4-8-21(19)32-25/h2-9,17-18H,10-16H2,1H3. The maximum Gasteiger partial charge on any atom is 0.309 e. The van der Waals surface area contributed by atoms with Crippen LogP contribution in [0.4, 0.5) is 11.7 Å². The van der Waals surface area contributed by atoms with Crippen LogP contribution in [0.2, 0.25) is 0 Å². The molecule has 1 saturated heterocycles. The molecule has 33 heavy (non-hydrogen) atoms. The number of ether oxygens (including phenoxy) is 1. The van der Waals surface area contributed by atoms with Crippen LogP contribution in [0.25, 0.3) is 11.1 Å². The van der Waals surface area contributed by atoms with E-state index in [1.807, 2.05) is 48.5 Å². The molecular weight excluding hydrogens is 438 g/mol. The van der Waals surface area contributed by atoms with E-state index in [0.717, 1.165) is 28.1 Å². The Morgan fingerprint density at radius 3 is 2.64 bits per heavy atom. The first-order chi connectivity index (χ1) is 16.1. The molecule has 5 rings (SSSR count). The van der Waals surface area contributed by atoms with Crippen LogP contribution in [0, 0.1) is 5.92 Å². The van der Waals surface area contributed by atoms with E-state index >= 15 is 0 Å². The van der Waals surface area contributed by atoms with Gasteiger partial charge in [0.15, 0.2) is 12.2 Å². The van der Waals surface area contributed by atoms with E-state index in [0.29, 0.717) is 43.7 Å². The van der Waals surface area contributed by atoms with Crippen molar-refractivity contribution in [2.45, 2.75) is 36.3 Å². The summed E-state index contributed by atoms with van der Waals surface area (Å²) < 4.78 is 11.3. The zero-order chi connectivity index (χ0) is 22.8. The highest BCUT2D eigenvalue weighted by molar-refractivity contribution is 8.00. The molecule has 7 nitrogen and oxygen atoms in total. The number of rotatable bonds is 4. The first kappa shape index (κ1) is 21.8. The number of thioether (sulfide) groups is 1. The van der Waals surface area contributed by atoms with Gasteiger partial charge in [0.1, 0.15) is 5.52 Å². The molecule has 1 aromatic heterocycles. The number of para-hydroxylation sites is 3. The number of esters is 1. The number of hydrogen-bond donors (Lipinski definition) is 0. The first-order valence-electron chi connectivity index (χ1n) is 11.4. The third kappa shape index (κ3) is 4.71. The smallest absolute Gasteiger partial charge is 0.309 e. The number of aromatic nitrogens is 1. The number of fused-ring (bicyclic) bond motifs is 2. The Balaban J connectivity index is 1.15. The van der Waals surface area contributed by atoms with Crippen LogP contribution < -0.4 is 9.80 Å². The highest BCUT2D eigenvalue weighted by Crippen LogP contribution is 2.37. The molecule has 0 spiro atoms. The average molecular weight is 466 g/mol. The fourth-order valence-electron chi connectivity index (χ4n) is 4.38. The Kier molecular flexibility index (Phi) is 6.26. The van der Waals surface area contributed by atoms with Crippen LogP contribution in [-0.4, -0.2) is 48.4 Å². The number of carbonyl (C=O) groups is 2. The van der Waals surface area contributed by atoms with Crippen molar-refractivity contribution in [3.05, 3.63) is 48.5 Å². The first-order valence-corrected chi connectivity index (χ1v) is 12.3. The molecule has 2 aliphatic heterocycles. The number of benzene rings is 2. The number of nitrogens with zero attached hydrogens (tertiary/aromatic N) is 3. The maximum absolute atomic E-state index is 12.9. The van der Waals surface area contributed by atoms with Crippen LogP contribution in [0.5, 0.6) is 0 Å². The van der Waals surface area contributed by atoms with Gasteiger partial charge >= 0.3 is 5.97 Å². The molecule has 172 valence electrons. The van der Waals surface area contributed by atoms with E-state index in [9.17, 15) is 9.59 Å². The molecule has 2 aliphatic rings. The molecular formula is C25H27N3O4S. The van der Waals surface area contributed by atoms with Crippen molar-refractivity contribution in [3.63, 3.8) is 0 Å². The van der Waals surface area contributed by atoms with E-state index in [1.54, 1.807) is 16.7 Å². The van der Waals surface area contributed by atoms with Crippen molar-refractivity contribution in [1.29, 1.82) is 0 Å². The summed E-state index contributed by atoms with van der Waals surface area (Å²) in [5.74, 6) is -0.689. The average Bonchev–Trinajstić information content (AvgIpc) is 3.20. The van der Waals surface area contributed by atoms with Crippen LogP contribution in [-0.2, 0) is 14.3 Å². The molecule has 0 saturated carbocycles. The molecule has 1 atom stereocenters. The molecule has 1 amide bonds. The summed E-state index contributed by atoms with van der Waals surface area (Å²) in [4.78, 5) is 35.1. The van der Waals surface area contributed by atoms with Gasteiger partial charge in [0.25, 0.3) is 11.9 Å². The summed E-state index contributed by atoms with van der Waals surface area (Å²) >= 11 is 1.78. The zero-order valence-corrected chi connectivity index (χ0v) is 19.4. The van der Waals surface area contributed by atoms with Crippen LogP contribution in [0.15, 0.2) is 57.8 Å². The number of anilines is 2. The van der Waals surface area contributed by atoms with Crippen molar-refractivity contribution in [2.75, 3.05) is 36.0 Å². The SMILES string of the molecule is CC1CCN(C(=O)COC(=O)C2CCN(c3nc4ccccc4o3)CC2)c2ccccc2S1. The van der Waals surface area contributed by atoms with Crippen LogP contribution in [0.3, 0.4) is 0 Å². The van der Waals surface area contributed by atoms with E-state index in [-0.39, 0.29) is 24.4 Å². The second kappa shape index (κ2) is 9.47. The Labute approximate surface area is 197 Å². The van der Waals surface area contributed by atoms with Gasteiger partial charge < -0.3 is 19.0 Å². The fraction of sp³-hybridized carbons (Fsp3) is 0.400. The van der Waals surface area contributed by atoms with Gasteiger partial charge in [-0.15, -0.1) is 11.8 Å². The minimum Gasteiger partial charge on any atom is -0.455 e. The van der Waals surface area contributed by atoms with Gasteiger partial charge in [-0.1, -0.05) is 31.2 Å². The second-order valence-electron chi connectivity index (χ2n) is 8.56. The van der Waals surface area contributed by atoms with Gasteiger partial charge in [-0.2, -0.15) is 4.98 Å². The lowest BCUT2D eigenvalue weighted by Crippen LogP contribution is -2.39. The maximum atomic E-state index is 12.9. The number of carbonyl (C=O) groups excluding carboxylic acids is 2. The second-order valence-corrected chi connectivity index (χ2v) is 10.0. The summed E-state index contributed by atoms with van der Waals surface area (Å²) in [6.45, 7) is 3.90. The largest absolute Gasteiger partial charge is 0.455 e. The normalized spacial score (nSPS) is 19.2. The highest BCUT2D eigenvalue weighted by Gasteiger charge is 2.30. The van der Waals surface area contributed by atoms with Crippen molar-refractivity contribution in [1.82, 2.24) is 4.98 Å². The fourth-order valence-corrected chi connectivity index (χ4v) is 5.49. The molecule has 0 aliphatic carbocycles. The molecule has 0 N–H and O–H groups in total. The summed E-state index contributed by atoms with van der Waals surface area (Å²) in [6.07, 6.45) is 2.19. The third-order valence-corrected chi connectivity index (χ3v) is 7.50. The van der Waals surface area contributed by atoms with E-state index in [1.165, 1.54) is 0 Å². The molecule has 0 radical (unpaired) electrons. The molecule has 3 heterocycles. The minimum atomic E-state index is -0.300. The Morgan fingerprint density at radius 1 is 1.06 bits per heavy atom. The van der Waals surface area contributed by atoms with Gasteiger partial charge in [-0.05, 0) is 43.5 Å². The summed E-state index contributed by atoms with van der Waals surface area (Å²) in [6, 6.07) is 16.2. The van der Waals surface area contributed by atoms with Gasteiger partial charge in [0.05, 0.1) is 11.6 Å². The van der Waals surface area contributed by atoms with Crippen molar-refractivity contribution in [2.24, 2.45) is 5.92 Å². The van der Waals surface area contributed by atoms with E-state index < -0.39 is 0 Å². The lowest BCUT2D eigenvalue weighted by Gasteiger charge is -2.29. The van der Waals surface area contributed by atoms with Crippen LogP contribution >= 0.6 is 11.8 Å². The molecule has 1 fully saturated rings. The predicted molar refractivity (Wildman–Crippen MR) is 129 cm³/mol. The highest BCUT2D eigenvalue weighted by atomic mass is 32.2. The lowest BCUT2D eigenvalue weighted by atomic mass is 9.97. The van der Waals surface area contributed by atoms with Crippen LogP contribution in [0.1, 0.15) is 26.2 Å². The minimum absolute atomic E-state index is 0.172. The molecule has 1 unspecified atom stereocenters. The quantitative estimate of drug-likeness (QED) is 0.525. The lowest BCUT2D eigenvalue weighted by molar-refractivity contribution is -0.152. The number of amides is 1. The van der Waals surface area contributed by atoms with Gasteiger partial charge in [-0.3, -0.25) is 9.59 Å². The van der Waals surface area contributed by atoms with Gasteiger partial charge in [0.2, 0.25) is 0 Å². The summed E-state index contributed by atoms with van der Waals surface area (Å²) in [7, 11) is 0. The molecule has 2 aromatic carbocycles. The topological polar surface area (TPSA) is 75.9 Å². The van der Waals surface area contributed by atoms with Crippen molar-refractivity contribution in [3.8, 4) is 0 Å². The molecule has 8 heteroatoms.